The summed E-state index contributed by atoms with van der Waals surface area (Å²) in [7, 11) is 0. The van der Waals surface area contributed by atoms with E-state index in [1.54, 1.807) is 18.3 Å². The molecule has 2 rings (SSSR count). The number of anilines is 1. The van der Waals surface area contributed by atoms with Crippen molar-refractivity contribution < 1.29 is 9.90 Å². The number of carbonyl (C=O) groups is 1. The van der Waals surface area contributed by atoms with Gasteiger partial charge in [0, 0.05) is 18.0 Å². The van der Waals surface area contributed by atoms with E-state index >= 15 is 0 Å². The molecule has 0 spiro atoms. The van der Waals surface area contributed by atoms with E-state index in [9.17, 15) is 9.90 Å². The van der Waals surface area contributed by atoms with Crippen molar-refractivity contribution in [3.63, 3.8) is 0 Å². The average molecular weight is 318 g/mol. The van der Waals surface area contributed by atoms with Crippen LogP contribution in [0.5, 0.6) is 0 Å². The molecule has 118 valence electrons. The first-order valence-corrected chi connectivity index (χ1v) is 8.15. The number of hydrogen-bond acceptors (Lipinski definition) is 4. The number of carboxylic acid groups (broad SMARTS) is 1. The highest BCUT2D eigenvalue weighted by atomic mass is 32.1. The van der Waals surface area contributed by atoms with Gasteiger partial charge in [0.1, 0.15) is 0 Å². The number of aliphatic carboxylic acids is 1. The largest absolute Gasteiger partial charge is 0.481 e. The predicted molar refractivity (Wildman–Crippen MR) is 90.6 cm³/mol. The summed E-state index contributed by atoms with van der Waals surface area (Å²) in [6, 6.07) is 8.32. The molecule has 0 amide bonds. The Labute approximate surface area is 135 Å². The van der Waals surface area contributed by atoms with Crippen LogP contribution < -0.4 is 4.90 Å². The topological polar surface area (TPSA) is 53.4 Å². The molecule has 1 unspecified atom stereocenters. The molecule has 1 N–H and O–H groups in total. The van der Waals surface area contributed by atoms with E-state index in [1.807, 2.05) is 13.8 Å². The molecule has 0 saturated heterocycles. The second-order valence-corrected chi connectivity index (χ2v) is 6.93. The van der Waals surface area contributed by atoms with Crippen LogP contribution in [0.15, 0.2) is 24.3 Å². The third-order valence-electron chi connectivity index (χ3n) is 3.70. The summed E-state index contributed by atoms with van der Waals surface area (Å²) >= 11 is 1.62. The van der Waals surface area contributed by atoms with Crippen LogP contribution in [0.3, 0.4) is 0 Å². The Morgan fingerprint density at radius 3 is 2.41 bits per heavy atom. The van der Waals surface area contributed by atoms with Crippen LogP contribution in [0.25, 0.3) is 0 Å². The summed E-state index contributed by atoms with van der Waals surface area (Å²) in [6.45, 7) is 8.94. The maximum atomic E-state index is 11.2. The SMILES string of the molecule is Cc1ccc(CN(CC(C)C(=O)O)c2nc(C)c(C)s2)cc1. The average Bonchev–Trinajstić information content (AvgIpc) is 2.80. The second-order valence-electron chi connectivity index (χ2n) is 5.74. The fourth-order valence-electron chi connectivity index (χ4n) is 2.12. The molecule has 22 heavy (non-hydrogen) atoms. The monoisotopic (exact) mass is 318 g/mol. The zero-order valence-electron chi connectivity index (χ0n) is 13.5. The third-order valence-corrected chi connectivity index (χ3v) is 4.83. The van der Waals surface area contributed by atoms with Gasteiger partial charge in [0.05, 0.1) is 11.6 Å². The number of carboxylic acids is 1. The molecule has 5 heteroatoms. The van der Waals surface area contributed by atoms with Gasteiger partial charge in [-0.3, -0.25) is 4.79 Å². The predicted octanol–water partition coefficient (Wildman–Crippen LogP) is 3.80. The number of hydrogen-bond donors (Lipinski definition) is 1. The smallest absolute Gasteiger partial charge is 0.308 e. The van der Waals surface area contributed by atoms with Gasteiger partial charge in [-0.1, -0.05) is 36.8 Å². The Kier molecular flexibility index (Phi) is 5.19. The number of aromatic nitrogens is 1. The van der Waals surface area contributed by atoms with Crippen LogP contribution >= 0.6 is 11.3 Å². The van der Waals surface area contributed by atoms with E-state index in [-0.39, 0.29) is 0 Å². The number of nitrogens with zero attached hydrogens (tertiary/aromatic N) is 2. The summed E-state index contributed by atoms with van der Waals surface area (Å²) < 4.78 is 0. The molecule has 0 aliphatic heterocycles. The maximum absolute atomic E-state index is 11.2. The fourth-order valence-corrected chi connectivity index (χ4v) is 3.04. The third kappa shape index (κ3) is 4.07. The van der Waals surface area contributed by atoms with E-state index in [4.69, 9.17) is 0 Å². The normalized spacial score (nSPS) is 12.2. The molecule has 0 aliphatic rings. The molecule has 0 fully saturated rings. The molecule has 4 nitrogen and oxygen atoms in total. The molecular formula is C17H22N2O2S. The van der Waals surface area contributed by atoms with Crippen molar-refractivity contribution in [2.45, 2.75) is 34.2 Å². The van der Waals surface area contributed by atoms with Gasteiger partial charge in [0.25, 0.3) is 0 Å². The van der Waals surface area contributed by atoms with Gasteiger partial charge in [-0.15, -0.1) is 11.3 Å². The molecule has 0 aliphatic carbocycles. The minimum Gasteiger partial charge on any atom is -0.481 e. The Morgan fingerprint density at radius 1 is 1.27 bits per heavy atom. The van der Waals surface area contributed by atoms with Gasteiger partial charge in [0.15, 0.2) is 5.13 Å². The van der Waals surface area contributed by atoms with Crippen molar-refractivity contribution in [3.8, 4) is 0 Å². The standard InChI is InChI=1S/C17H22N2O2S/c1-11-5-7-15(8-6-11)10-19(9-12(2)16(20)21)17-18-13(3)14(4)22-17/h5-8,12H,9-10H2,1-4H3,(H,20,21). The van der Waals surface area contributed by atoms with Gasteiger partial charge in [-0.25, -0.2) is 4.98 Å². The Hall–Kier alpha value is -1.88. The minimum atomic E-state index is -0.779. The molecule has 0 saturated carbocycles. The van der Waals surface area contributed by atoms with Crippen LogP contribution in [-0.4, -0.2) is 22.6 Å². The number of rotatable bonds is 6. The van der Waals surface area contributed by atoms with E-state index in [0.717, 1.165) is 16.4 Å². The quantitative estimate of drug-likeness (QED) is 0.880. The van der Waals surface area contributed by atoms with Crippen LogP contribution in [0.1, 0.15) is 28.6 Å². The van der Waals surface area contributed by atoms with E-state index in [0.29, 0.717) is 13.1 Å². The highest BCUT2D eigenvalue weighted by molar-refractivity contribution is 7.15. The first-order valence-electron chi connectivity index (χ1n) is 7.34. The lowest BCUT2D eigenvalue weighted by Gasteiger charge is -2.24. The van der Waals surface area contributed by atoms with Gasteiger partial charge < -0.3 is 10.0 Å². The van der Waals surface area contributed by atoms with Crippen molar-refractivity contribution >= 4 is 22.4 Å². The van der Waals surface area contributed by atoms with Gasteiger partial charge in [0.2, 0.25) is 0 Å². The molecular weight excluding hydrogens is 296 g/mol. The van der Waals surface area contributed by atoms with E-state index in [2.05, 4.69) is 41.1 Å². The zero-order valence-corrected chi connectivity index (χ0v) is 14.3. The van der Waals surface area contributed by atoms with Crippen LogP contribution in [0.2, 0.25) is 0 Å². The zero-order chi connectivity index (χ0) is 16.3. The molecule has 1 aromatic heterocycles. The molecule has 0 bridgehead atoms. The number of aryl methyl sites for hydroxylation is 3. The Morgan fingerprint density at radius 2 is 1.91 bits per heavy atom. The highest BCUT2D eigenvalue weighted by Crippen LogP contribution is 2.27. The highest BCUT2D eigenvalue weighted by Gasteiger charge is 2.19. The summed E-state index contributed by atoms with van der Waals surface area (Å²) in [5, 5.41) is 10.1. The first-order chi connectivity index (χ1) is 10.4. The lowest BCUT2D eigenvalue weighted by molar-refractivity contribution is -0.140. The van der Waals surface area contributed by atoms with Gasteiger partial charge in [-0.05, 0) is 26.3 Å². The maximum Gasteiger partial charge on any atom is 0.308 e. The Balaban J connectivity index is 2.24. The van der Waals surface area contributed by atoms with Crippen molar-refractivity contribution in [2.24, 2.45) is 5.92 Å². The fraction of sp³-hybridized carbons (Fsp3) is 0.412. The number of thiazole rings is 1. The second kappa shape index (κ2) is 6.92. The molecule has 0 radical (unpaired) electrons. The minimum absolute atomic E-state index is 0.435. The van der Waals surface area contributed by atoms with E-state index < -0.39 is 11.9 Å². The number of benzene rings is 1. The lowest BCUT2D eigenvalue weighted by atomic mass is 10.1. The van der Waals surface area contributed by atoms with Crippen LogP contribution in [0, 0.1) is 26.7 Å². The van der Waals surface area contributed by atoms with Crippen molar-refractivity contribution in [1.29, 1.82) is 0 Å². The summed E-state index contributed by atoms with van der Waals surface area (Å²) in [5.41, 5.74) is 3.39. The molecule has 1 heterocycles. The molecule has 2 aromatic rings. The summed E-state index contributed by atoms with van der Waals surface area (Å²) in [4.78, 5) is 19.0. The van der Waals surface area contributed by atoms with Crippen molar-refractivity contribution in [3.05, 3.63) is 46.0 Å². The van der Waals surface area contributed by atoms with Crippen LogP contribution in [0.4, 0.5) is 5.13 Å². The van der Waals surface area contributed by atoms with Crippen molar-refractivity contribution in [1.82, 2.24) is 4.98 Å². The van der Waals surface area contributed by atoms with Crippen molar-refractivity contribution in [2.75, 3.05) is 11.4 Å². The molecule has 1 aromatic carbocycles. The molecule has 1 atom stereocenters. The van der Waals surface area contributed by atoms with Gasteiger partial charge in [-0.2, -0.15) is 0 Å². The lowest BCUT2D eigenvalue weighted by Crippen LogP contribution is -2.31. The Bertz CT molecular complexity index is 630. The van der Waals surface area contributed by atoms with E-state index in [1.165, 1.54) is 10.4 Å². The summed E-state index contributed by atoms with van der Waals surface area (Å²) in [5.74, 6) is -1.21. The van der Waals surface area contributed by atoms with Crippen LogP contribution in [-0.2, 0) is 11.3 Å². The summed E-state index contributed by atoms with van der Waals surface area (Å²) in [6.07, 6.45) is 0. The first kappa shape index (κ1) is 16.5. The van der Waals surface area contributed by atoms with Gasteiger partial charge >= 0.3 is 5.97 Å².